The van der Waals surface area contributed by atoms with E-state index < -0.39 is 32.7 Å². The summed E-state index contributed by atoms with van der Waals surface area (Å²) in [4.78, 5) is 38.9. The number of rotatable bonds is 11. The summed E-state index contributed by atoms with van der Waals surface area (Å²) in [6.45, 7) is 1.95. The first-order valence-electron chi connectivity index (χ1n) is 11.6. The second-order valence-electron chi connectivity index (χ2n) is 8.16. The zero-order chi connectivity index (χ0) is 27.7. The molecule has 0 spiro atoms. The zero-order valence-electron chi connectivity index (χ0n) is 20.8. The second-order valence-corrected chi connectivity index (χ2v) is 9.73. The van der Waals surface area contributed by atoms with E-state index in [1.807, 2.05) is 4.72 Å². The van der Waals surface area contributed by atoms with E-state index in [9.17, 15) is 28.1 Å². The summed E-state index contributed by atoms with van der Waals surface area (Å²) < 4.78 is 32.4. The maximum absolute atomic E-state index is 13.6. The molecule has 0 aliphatic heterocycles. The highest BCUT2D eigenvalue weighted by Crippen LogP contribution is 2.29. The molecule has 0 aliphatic rings. The summed E-state index contributed by atoms with van der Waals surface area (Å²) in [5.41, 5.74) is 1.24. The van der Waals surface area contributed by atoms with Crippen molar-refractivity contribution in [2.24, 2.45) is 5.92 Å². The highest BCUT2D eigenvalue weighted by Gasteiger charge is 2.33. The van der Waals surface area contributed by atoms with Crippen LogP contribution in [-0.4, -0.2) is 38.8 Å². The SMILES string of the molecule is CCN(C(=O)C(Cc1ccc([N+](=O)[O-])c(OC)c1)C(=O)NS(=O)(=O)C=Cc1ccccc1)c1ccccc1. The van der Waals surface area contributed by atoms with Crippen LogP contribution in [-0.2, 0) is 26.0 Å². The van der Waals surface area contributed by atoms with Gasteiger partial charge >= 0.3 is 5.69 Å². The zero-order valence-corrected chi connectivity index (χ0v) is 21.6. The Bertz CT molecular complexity index is 1430. The van der Waals surface area contributed by atoms with Crippen molar-refractivity contribution in [3.63, 3.8) is 0 Å². The molecule has 0 bridgehead atoms. The Morgan fingerprint density at radius 1 is 1.05 bits per heavy atom. The first-order chi connectivity index (χ1) is 18.1. The van der Waals surface area contributed by atoms with Crippen molar-refractivity contribution >= 4 is 39.3 Å². The van der Waals surface area contributed by atoms with Gasteiger partial charge < -0.3 is 9.64 Å². The molecule has 0 radical (unpaired) electrons. The molecule has 11 heteroatoms. The number of amides is 2. The molecule has 3 rings (SSSR count). The second kappa shape index (κ2) is 12.6. The minimum Gasteiger partial charge on any atom is -0.490 e. The minimum atomic E-state index is -4.24. The van der Waals surface area contributed by atoms with Crippen LogP contribution >= 0.6 is 0 Å². The lowest BCUT2D eigenvalue weighted by Crippen LogP contribution is -2.46. The third-order valence-corrected chi connectivity index (χ3v) is 6.61. The number of ether oxygens (including phenoxy) is 1. The summed E-state index contributed by atoms with van der Waals surface area (Å²) in [5.74, 6) is -3.16. The van der Waals surface area contributed by atoms with Gasteiger partial charge in [0, 0.05) is 18.3 Å². The Morgan fingerprint density at radius 3 is 2.26 bits per heavy atom. The van der Waals surface area contributed by atoms with Crippen molar-refractivity contribution in [3.8, 4) is 5.75 Å². The highest BCUT2D eigenvalue weighted by molar-refractivity contribution is 7.93. The van der Waals surface area contributed by atoms with Crippen LogP contribution in [0.3, 0.4) is 0 Å². The Morgan fingerprint density at radius 2 is 1.68 bits per heavy atom. The van der Waals surface area contributed by atoms with E-state index in [-0.39, 0.29) is 24.4 Å². The first kappa shape index (κ1) is 28.1. The summed E-state index contributed by atoms with van der Waals surface area (Å²) in [7, 11) is -2.98. The van der Waals surface area contributed by atoms with E-state index in [2.05, 4.69) is 0 Å². The Kier molecular flexibility index (Phi) is 9.33. The Hall–Kier alpha value is -4.51. The number of carbonyl (C=O) groups excluding carboxylic acids is 2. The van der Waals surface area contributed by atoms with Gasteiger partial charge in [0.15, 0.2) is 5.75 Å². The van der Waals surface area contributed by atoms with Crippen molar-refractivity contribution in [1.29, 1.82) is 0 Å². The number of hydrogen-bond acceptors (Lipinski definition) is 7. The van der Waals surface area contributed by atoms with Gasteiger partial charge in [0.1, 0.15) is 5.92 Å². The van der Waals surface area contributed by atoms with Gasteiger partial charge in [-0.15, -0.1) is 0 Å². The molecule has 0 fully saturated rings. The number of nitrogens with one attached hydrogen (secondary N) is 1. The standard InChI is InChI=1S/C27H27N3O7S/c1-3-29(22-12-8-5-9-13-22)27(32)23(18-21-14-15-24(30(33)34)25(19-21)37-2)26(31)28-38(35,36)17-16-20-10-6-4-7-11-20/h4-17,19,23H,3,18H2,1-2H3,(H,28,31). The van der Waals surface area contributed by atoms with Crippen LogP contribution in [0.5, 0.6) is 5.75 Å². The number of methoxy groups -OCH3 is 1. The van der Waals surface area contributed by atoms with Gasteiger partial charge in [0.25, 0.3) is 10.0 Å². The minimum absolute atomic E-state index is 0.0482. The lowest BCUT2D eigenvalue weighted by molar-refractivity contribution is -0.385. The summed E-state index contributed by atoms with van der Waals surface area (Å²) in [6, 6.07) is 21.3. The van der Waals surface area contributed by atoms with Crippen LogP contribution in [0.15, 0.2) is 84.3 Å². The Labute approximate surface area is 220 Å². The van der Waals surface area contributed by atoms with Gasteiger partial charge in [-0.25, -0.2) is 13.1 Å². The van der Waals surface area contributed by atoms with Crippen molar-refractivity contribution < 1.29 is 27.7 Å². The van der Waals surface area contributed by atoms with Crippen LogP contribution in [0.2, 0.25) is 0 Å². The van der Waals surface area contributed by atoms with Gasteiger partial charge in [-0.3, -0.25) is 19.7 Å². The molecular weight excluding hydrogens is 510 g/mol. The summed E-state index contributed by atoms with van der Waals surface area (Å²) >= 11 is 0. The number of carbonyl (C=O) groups is 2. The fourth-order valence-corrected chi connectivity index (χ4v) is 4.59. The van der Waals surface area contributed by atoms with E-state index in [1.165, 1.54) is 36.3 Å². The Balaban J connectivity index is 1.94. The van der Waals surface area contributed by atoms with Gasteiger partial charge in [0.2, 0.25) is 11.8 Å². The number of para-hydroxylation sites is 1. The van der Waals surface area contributed by atoms with E-state index in [0.29, 0.717) is 16.8 Å². The van der Waals surface area contributed by atoms with Crippen molar-refractivity contribution in [2.75, 3.05) is 18.6 Å². The monoisotopic (exact) mass is 537 g/mol. The third kappa shape index (κ3) is 7.26. The van der Waals surface area contributed by atoms with Gasteiger partial charge in [0.05, 0.1) is 17.4 Å². The number of nitro groups is 1. The maximum atomic E-state index is 13.6. The predicted molar refractivity (Wildman–Crippen MR) is 144 cm³/mol. The van der Waals surface area contributed by atoms with Crippen molar-refractivity contribution in [2.45, 2.75) is 13.3 Å². The van der Waals surface area contributed by atoms with E-state index >= 15 is 0 Å². The molecule has 0 saturated heterocycles. The van der Waals surface area contributed by atoms with Crippen LogP contribution in [0, 0.1) is 16.0 Å². The highest BCUT2D eigenvalue weighted by atomic mass is 32.2. The van der Waals surface area contributed by atoms with Gasteiger partial charge in [-0.1, -0.05) is 54.6 Å². The van der Waals surface area contributed by atoms with Crippen LogP contribution in [0.25, 0.3) is 6.08 Å². The smallest absolute Gasteiger partial charge is 0.310 e. The molecule has 1 atom stereocenters. The fourth-order valence-electron chi connectivity index (χ4n) is 3.77. The lowest BCUT2D eigenvalue weighted by atomic mass is 9.96. The van der Waals surface area contributed by atoms with Gasteiger partial charge in [-0.05, 0) is 48.7 Å². The molecule has 38 heavy (non-hydrogen) atoms. The van der Waals surface area contributed by atoms with E-state index in [0.717, 1.165) is 5.41 Å². The largest absolute Gasteiger partial charge is 0.490 e. The van der Waals surface area contributed by atoms with E-state index in [4.69, 9.17) is 4.74 Å². The maximum Gasteiger partial charge on any atom is 0.310 e. The fraction of sp³-hybridized carbons (Fsp3) is 0.185. The van der Waals surface area contributed by atoms with E-state index in [1.54, 1.807) is 67.6 Å². The third-order valence-electron chi connectivity index (χ3n) is 5.63. The molecule has 198 valence electrons. The number of sulfonamides is 1. The molecule has 0 heterocycles. The molecule has 0 aromatic heterocycles. The molecule has 0 saturated carbocycles. The average molecular weight is 538 g/mol. The average Bonchev–Trinajstić information content (AvgIpc) is 2.91. The molecule has 2 amide bonds. The molecule has 3 aromatic rings. The molecule has 0 aliphatic carbocycles. The number of nitro benzene ring substituents is 1. The lowest BCUT2D eigenvalue weighted by Gasteiger charge is -2.26. The topological polar surface area (TPSA) is 136 Å². The predicted octanol–water partition coefficient (Wildman–Crippen LogP) is 3.93. The number of anilines is 1. The molecule has 1 unspecified atom stereocenters. The summed E-state index contributed by atoms with van der Waals surface area (Å²) in [5, 5.41) is 12.1. The van der Waals surface area contributed by atoms with Crippen LogP contribution in [0.4, 0.5) is 11.4 Å². The number of benzene rings is 3. The summed E-state index contributed by atoms with van der Waals surface area (Å²) in [6.07, 6.45) is 1.11. The van der Waals surface area contributed by atoms with Gasteiger partial charge in [-0.2, -0.15) is 0 Å². The van der Waals surface area contributed by atoms with Crippen molar-refractivity contribution in [3.05, 3.63) is 106 Å². The normalized spacial score (nSPS) is 12.1. The molecular formula is C27H27N3O7S. The number of nitrogens with zero attached hydrogens (tertiary/aromatic N) is 2. The molecule has 1 N–H and O–H groups in total. The molecule has 3 aromatic carbocycles. The quantitative estimate of drug-likeness (QED) is 0.222. The van der Waals surface area contributed by atoms with Crippen molar-refractivity contribution in [1.82, 2.24) is 4.72 Å². The number of hydrogen-bond donors (Lipinski definition) is 1. The van der Waals surface area contributed by atoms with Crippen LogP contribution in [0.1, 0.15) is 18.1 Å². The van der Waals surface area contributed by atoms with Crippen LogP contribution < -0.4 is 14.4 Å². The molecule has 10 nitrogen and oxygen atoms in total. The first-order valence-corrected chi connectivity index (χ1v) is 13.2.